The highest BCUT2D eigenvalue weighted by Crippen LogP contribution is 2.24. The van der Waals surface area contributed by atoms with Crippen LogP contribution < -0.4 is 4.74 Å². The maximum Gasteiger partial charge on any atom is 0.341 e. The Morgan fingerprint density at radius 3 is 2.44 bits per heavy atom. The number of carbonyl (C=O) groups is 2. The fourth-order valence-corrected chi connectivity index (χ4v) is 2.70. The van der Waals surface area contributed by atoms with Gasteiger partial charge in [-0.15, -0.1) is 0 Å². The van der Waals surface area contributed by atoms with E-state index in [9.17, 15) is 9.59 Å². The van der Waals surface area contributed by atoms with Crippen molar-refractivity contribution >= 4 is 34.4 Å². The average molecular weight is 386 g/mol. The first-order chi connectivity index (χ1) is 13.0. The smallest absolute Gasteiger partial charge is 0.341 e. The number of esters is 2. The minimum Gasteiger partial charge on any atom is -0.486 e. The molecule has 0 saturated carbocycles. The quantitative estimate of drug-likeness (QED) is 0.617. The number of ether oxygens (including phenoxy) is 3. The maximum absolute atomic E-state index is 12.0. The van der Waals surface area contributed by atoms with Crippen molar-refractivity contribution in [3.8, 4) is 5.75 Å². The Hall–Kier alpha value is -3.12. The molecule has 0 bridgehead atoms. The van der Waals surface area contributed by atoms with Crippen LogP contribution in [0.1, 0.15) is 26.4 Å². The van der Waals surface area contributed by atoms with Crippen LogP contribution >= 0.6 is 11.6 Å². The highest BCUT2D eigenvalue weighted by molar-refractivity contribution is 6.31. The molecular formula is C20H16ClNO5. The molecule has 0 fully saturated rings. The van der Waals surface area contributed by atoms with Crippen molar-refractivity contribution in [3.05, 3.63) is 70.4 Å². The molecule has 1 heterocycles. The zero-order valence-corrected chi connectivity index (χ0v) is 15.4. The van der Waals surface area contributed by atoms with Crippen molar-refractivity contribution in [1.82, 2.24) is 4.98 Å². The van der Waals surface area contributed by atoms with E-state index in [1.807, 2.05) is 18.2 Å². The number of hydrogen-bond donors (Lipinski definition) is 0. The Labute approximate surface area is 160 Å². The van der Waals surface area contributed by atoms with Crippen LogP contribution in [0.2, 0.25) is 5.02 Å². The van der Waals surface area contributed by atoms with E-state index in [1.165, 1.54) is 32.4 Å². The summed E-state index contributed by atoms with van der Waals surface area (Å²) in [6, 6.07) is 13.6. The third-order valence-corrected chi connectivity index (χ3v) is 4.13. The first-order valence-corrected chi connectivity index (χ1v) is 8.38. The molecule has 2 aromatic carbocycles. The highest BCUT2D eigenvalue weighted by Gasteiger charge is 2.17. The number of aromatic nitrogens is 1. The molecule has 138 valence electrons. The number of rotatable bonds is 5. The second kappa shape index (κ2) is 8.05. The number of halogens is 1. The van der Waals surface area contributed by atoms with Crippen LogP contribution in [-0.4, -0.2) is 31.1 Å². The van der Waals surface area contributed by atoms with Crippen molar-refractivity contribution < 1.29 is 23.8 Å². The standard InChI is InChI=1S/C20H16ClNO5/c1-25-19(23)13-5-8-18(16(9-13)20(24)26-2)27-11-15-7-4-12-3-6-14(21)10-17(12)22-15/h3-10H,11H2,1-2H3. The molecule has 3 rings (SSSR count). The van der Waals surface area contributed by atoms with Crippen LogP contribution in [0.4, 0.5) is 0 Å². The average Bonchev–Trinajstić information content (AvgIpc) is 2.70. The van der Waals surface area contributed by atoms with Crippen LogP contribution in [-0.2, 0) is 16.1 Å². The lowest BCUT2D eigenvalue weighted by molar-refractivity contribution is 0.0594. The summed E-state index contributed by atoms with van der Waals surface area (Å²) >= 11 is 6.01. The second-order valence-electron chi connectivity index (χ2n) is 5.62. The van der Waals surface area contributed by atoms with Gasteiger partial charge in [-0.25, -0.2) is 14.6 Å². The van der Waals surface area contributed by atoms with Gasteiger partial charge in [0, 0.05) is 10.4 Å². The van der Waals surface area contributed by atoms with E-state index in [-0.39, 0.29) is 23.5 Å². The third kappa shape index (κ3) is 4.17. The van der Waals surface area contributed by atoms with E-state index in [4.69, 9.17) is 21.1 Å². The Balaban J connectivity index is 1.86. The van der Waals surface area contributed by atoms with Gasteiger partial charge in [-0.1, -0.05) is 23.7 Å². The lowest BCUT2D eigenvalue weighted by Crippen LogP contribution is -2.09. The Kier molecular flexibility index (Phi) is 5.57. The molecule has 27 heavy (non-hydrogen) atoms. The molecule has 0 amide bonds. The number of carbonyl (C=O) groups excluding carboxylic acids is 2. The van der Waals surface area contributed by atoms with E-state index in [0.717, 1.165) is 10.9 Å². The third-order valence-electron chi connectivity index (χ3n) is 3.89. The summed E-state index contributed by atoms with van der Waals surface area (Å²) in [6.45, 7) is 0.129. The Morgan fingerprint density at radius 1 is 0.963 bits per heavy atom. The van der Waals surface area contributed by atoms with Crippen molar-refractivity contribution in [2.75, 3.05) is 14.2 Å². The van der Waals surface area contributed by atoms with Crippen LogP contribution in [0.5, 0.6) is 5.75 Å². The van der Waals surface area contributed by atoms with Gasteiger partial charge in [0.15, 0.2) is 0 Å². The van der Waals surface area contributed by atoms with E-state index in [2.05, 4.69) is 9.72 Å². The molecule has 0 radical (unpaired) electrons. The first kappa shape index (κ1) is 18.7. The lowest BCUT2D eigenvalue weighted by atomic mass is 10.1. The zero-order chi connectivity index (χ0) is 19.4. The molecule has 0 unspecified atom stereocenters. The molecule has 0 N–H and O–H groups in total. The predicted octanol–water partition coefficient (Wildman–Crippen LogP) is 4.04. The minimum atomic E-state index is -0.617. The summed E-state index contributed by atoms with van der Waals surface area (Å²) in [6.07, 6.45) is 0. The van der Waals surface area contributed by atoms with Crippen LogP contribution in [0.3, 0.4) is 0 Å². The summed E-state index contributed by atoms with van der Waals surface area (Å²) in [7, 11) is 2.52. The fraction of sp³-hybridized carbons (Fsp3) is 0.150. The van der Waals surface area contributed by atoms with Crippen LogP contribution in [0, 0.1) is 0 Å². The summed E-state index contributed by atoms with van der Waals surface area (Å²) in [5.41, 5.74) is 1.77. The fourth-order valence-electron chi connectivity index (χ4n) is 2.53. The van der Waals surface area contributed by atoms with E-state index < -0.39 is 11.9 Å². The number of benzene rings is 2. The zero-order valence-electron chi connectivity index (χ0n) is 14.7. The maximum atomic E-state index is 12.0. The molecule has 1 aromatic heterocycles. The van der Waals surface area contributed by atoms with Gasteiger partial charge in [-0.05, 0) is 36.4 Å². The normalized spacial score (nSPS) is 10.5. The molecular weight excluding hydrogens is 370 g/mol. The molecule has 0 spiro atoms. The predicted molar refractivity (Wildman–Crippen MR) is 100 cm³/mol. The summed E-state index contributed by atoms with van der Waals surface area (Å²) in [4.78, 5) is 28.2. The van der Waals surface area contributed by atoms with E-state index >= 15 is 0 Å². The van der Waals surface area contributed by atoms with Crippen LogP contribution in [0.25, 0.3) is 10.9 Å². The SMILES string of the molecule is COC(=O)c1ccc(OCc2ccc3ccc(Cl)cc3n2)c(C(=O)OC)c1. The van der Waals surface area contributed by atoms with Crippen molar-refractivity contribution in [1.29, 1.82) is 0 Å². The van der Waals surface area contributed by atoms with Gasteiger partial charge in [-0.3, -0.25) is 0 Å². The Morgan fingerprint density at radius 2 is 1.70 bits per heavy atom. The largest absolute Gasteiger partial charge is 0.486 e. The van der Waals surface area contributed by atoms with Crippen molar-refractivity contribution in [3.63, 3.8) is 0 Å². The number of fused-ring (bicyclic) bond motifs is 1. The van der Waals surface area contributed by atoms with Crippen LogP contribution in [0.15, 0.2) is 48.5 Å². The van der Waals surface area contributed by atoms with Crippen molar-refractivity contribution in [2.45, 2.75) is 6.61 Å². The van der Waals surface area contributed by atoms with Gasteiger partial charge in [-0.2, -0.15) is 0 Å². The lowest BCUT2D eigenvalue weighted by Gasteiger charge is -2.11. The second-order valence-corrected chi connectivity index (χ2v) is 6.06. The topological polar surface area (TPSA) is 74.7 Å². The summed E-state index contributed by atoms with van der Waals surface area (Å²) < 4.78 is 15.2. The highest BCUT2D eigenvalue weighted by atomic mass is 35.5. The van der Waals surface area contributed by atoms with Crippen molar-refractivity contribution in [2.24, 2.45) is 0 Å². The molecule has 7 heteroatoms. The number of hydrogen-bond acceptors (Lipinski definition) is 6. The number of methoxy groups -OCH3 is 2. The van der Waals surface area contributed by atoms with Gasteiger partial charge < -0.3 is 14.2 Å². The molecule has 0 aliphatic rings. The molecule has 0 aliphatic heterocycles. The first-order valence-electron chi connectivity index (χ1n) is 8.00. The van der Waals surface area contributed by atoms with Gasteiger partial charge in [0.1, 0.15) is 17.9 Å². The monoisotopic (exact) mass is 385 g/mol. The minimum absolute atomic E-state index is 0.129. The molecule has 0 saturated heterocycles. The van der Waals surface area contributed by atoms with Gasteiger partial charge in [0.2, 0.25) is 0 Å². The molecule has 0 atom stereocenters. The van der Waals surface area contributed by atoms with Gasteiger partial charge in [0.25, 0.3) is 0 Å². The summed E-state index contributed by atoms with van der Waals surface area (Å²) in [5.74, 6) is -0.892. The van der Waals surface area contributed by atoms with Gasteiger partial charge >= 0.3 is 11.9 Å². The molecule has 6 nitrogen and oxygen atoms in total. The number of nitrogens with zero attached hydrogens (tertiary/aromatic N) is 1. The molecule has 0 aliphatic carbocycles. The van der Waals surface area contributed by atoms with E-state index in [1.54, 1.807) is 12.1 Å². The van der Waals surface area contributed by atoms with E-state index in [0.29, 0.717) is 10.7 Å². The van der Waals surface area contributed by atoms with Gasteiger partial charge in [0.05, 0.1) is 31.0 Å². The summed E-state index contributed by atoms with van der Waals surface area (Å²) in [5, 5.41) is 1.56. The number of pyridine rings is 1. The molecule has 3 aromatic rings. The Bertz CT molecular complexity index is 1020.